The van der Waals surface area contributed by atoms with Crippen molar-refractivity contribution in [2.45, 2.75) is 51.8 Å². The molecule has 1 fully saturated rings. The molecule has 1 heterocycles. The van der Waals surface area contributed by atoms with Crippen LogP contribution in [0.4, 0.5) is 5.69 Å². The van der Waals surface area contributed by atoms with Crippen LogP contribution in [0, 0.1) is 0 Å². The summed E-state index contributed by atoms with van der Waals surface area (Å²) in [6.45, 7) is 7.97. The van der Waals surface area contributed by atoms with Gasteiger partial charge in [0.05, 0.1) is 11.6 Å². The fraction of sp³-hybridized carbons (Fsp3) is 0.533. The Kier molecular flexibility index (Phi) is 3.54. The van der Waals surface area contributed by atoms with Gasteiger partial charge in [-0.1, -0.05) is 0 Å². The van der Waals surface area contributed by atoms with Gasteiger partial charge in [-0.15, -0.1) is 0 Å². The van der Waals surface area contributed by atoms with Crippen LogP contribution in [-0.2, 0) is 4.79 Å². The molecule has 0 spiro atoms. The van der Waals surface area contributed by atoms with Gasteiger partial charge >= 0.3 is 0 Å². The van der Waals surface area contributed by atoms with Gasteiger partial charge in [0.15, 0.2) is 0 Å². The van der Waals surface area contributed by atoms with Crippen molar-refractivity contribution in [1.82, 2.24) is 0 Å². The van der Waals surface area contributed by atoms with Crippen LogP contribution in [0.3, 0.4) is 0 Å². The van der Waals surface area contributed by atoms with Crippen molar-refractivity contribution in [3.05, 3.63) is 24.3 Å². The first kappa shape index (κ1) is 13.9. The molecule has 0 saturated carbocycles. The normalized spacial score (nSPS) is 22.1. The number of nitrogens with two attached hydrogens (primary N) is 1. The first-order valence-electron chi connectivity index (χ1n) is 6.67. The summed E-state index contributed by atoms with van der Waals surface area (Å²) in [6, 6.07) is 7.47. The van der Waals surface area contributed by atoms with Crippen LogP contribution in [0.5, 0.6) is 5.75 Å². The Morgan fingerprint density at radius 1 is 1.32 bits per heavy atom. The molecule has 19 heavy (non-hydrogen) atoms. The largest absolute Gasteiger partial charge is 0.491 e. The molecule has 0 aliphatic carbocycles. The molecule has 1 aliphatic rings. The summed E-state index contributed by atoms with van der Waals surface area (Å²) in [6.07, 6.45) is 0.543. The molecule has 4 heteroatoms. The van der Waals surface area contributed by atoms with Gasteiger partial charge in [-0.05, 0) is 52.0 Å². The standard InChI is InChI=1S/C15H22N2O2/c1-10(2)19-12-7-5-11(6-8-12)17-14(18)9-13(16)15(17,3)4/h5-8,10,13H,9,16H2,1-4H3. The number of hydrogen-bond acceptors (Lipinski definition) is 3. The molecule has 0 aromatic heterocycles. The molecule has 1 aromatic rings. The second-order valence-corrected chi connectivity index (χ2v) is 5.85. The number of rotatable bonds is 3. The average Bonchev–Trinajstić information content (AvgIpc) is 2.49. The average molecular weight is 262 g/mol. The predicted molar refractivity (Wildman–Crippen MR) is 76.4 cm³/mol. The van der Waals surface area contributed by atoms with E-state index in [1.807, 2.05) is 52.0 Å². The van der Waals surface area contributed by atoms with Gasteiger partial charge in [0, 0.05) is 18.2 Å². The number of hydrogen-bond donors (Lipinski definition) is 1. The van der Waals surface area contributed by atoms with Gasteiger partial charge < -0.3 is 15.4 Å². The number of carbonyl (C=O) groups is 1. The van der Waals surface area contributed by atoms with Crippen molar-refractivity contribution < 1.29 is 9.53 Å². The van der Waals surface area contributed by atoms with E-state index in [9.17, 15) is 4.79 Å². The highest BCUT2D eigenvalue weighted by Crippen LogP contribution is 2.34. The highest BCUT2D eigenvalue weighted by atomic mass is 16.5. The van der Waals surface area contributed by atoms with E-state index in [1.54, 1.807) is 4.90 Å². The lowest BCUT2D eigenvalue weighted by Gasteiger charge is -2.34. The third-order valence-electron chi connectivity index (χ3n) is 3.59. The maximum Gasteiger partial charge on any atom is 0.229 e. The molecule has 0 radical (unpaired) electrons. The van der Waals surface area contributed by atoms with Crippen LogP contribution in [0.25, 0.3) is 0 Å². The topological polar surface area (TPSA) is 55.6 Å². The predicted octanol–water partition coefficient (Wildman–Crippen LogP) is 2.32. The maximum absolute atomic E-state index is 12.1. The zero-order valence-corrected chi connectivity index (χ0v) is 12.0. The molecule has 1 atom stereocenters. The van der Waals surface area contributed by atoms with Crippen molar-refractivity contribution in [2.24, 2.45) is 5.73 Å². The van der Waals surface area contributed by atoms with Crippen LogP contribution < -0.4 is 15.4 Å². The van der Waals surface area contributed by atoms with E-state index < -0.39 is 0 Å². The third kappa shape index (κ3) is 2.59. The highest BCUT2D eigenvalue weighted by Gasteiger charge is 2.44. The van der Waals surface area contributed by atoms with E-state index in [1.165, 1.54) is 0 Å². The Bertz CT molecular complexity index is 466. The molecule has 1 unspecified atom stereocenters. The number of benzene rings is 1. The number of ether oxygens (including phenoxy) is 1. The first-order chi connectivity index (χ1) is 8.82. The van der Waals surface area contributed by atoms with Gasteiger partial charge in [-0.3, -0.25) is 4.79 Å². The van der Waals surface area contributed by atoms with E-state index in [0.29, 0.717) is 6.42 Å². The summed E-state index contributed by atoms with van der Waals surface area (Å²) >= 11 is 0. The Hall–Kier alpha value is -1.55. The summed E-state index contributed by atoms with van der Waals surface area (Å²) < 4.78 is 5.60. The molecule has 1 saturated heterocycles. The fourth-order valence-electron chi connectivity index (χ4n) is 2.44. The molecule has 1 aromatic carbocycles. The van der Waals surface area contributed by atoms with Gasteiger partial charge in [0.2, 0.25) is 5.91 Å². The van der Waals surface area contributed by atoms with E-state index in [4.69, 9.17) is 10.5 Å². The van der Waals surface area contributed by atoms with Crippen LogP contribution in [0.15, 0.2) is 24.3 Å². The molecule has 1 amide bonds. The second kappa shape index (κ2) is 4.85. The smallest absolute Gasteiger partial charge is 0.229 e. The Balaban J connectivity index is 2.25. The van der Waals surface area contributed by atoms with E-state index >= 15 is 0 Å². The molecular formula is C15H22N2O2. The molecular weight excluding hydrogens is 240 g/mol. The van der Waals surface area contributed by atoms with Crippen molar-refractivity contribution in [1.29, 1.82) is 0 Å². The van der Waals surface area contributed by atoms with E-state index in [0.717, 1.165) is 11.4 Å². The summed E-state index contributed by atoms with van der Waals surface area (Å²) in [5, 5.41) is 0. The van der Waals surface area contributed by atoms with Crippen molar-refractivity contribution in [3.63, 3.8) is 0 Å². The van der Waals surface area contributed by atoms with Crippen LogP contribution in [-0.4, -0.2) is 23.6 Å². The minimum Gasteiger partial charge on any atom is -0.491 e. The fourth-order valence-corrected chi connectivity index (χ4v) is 2.44. The number of carbonyl (C=O) groups excluding carboxylic acids is 1. The molecule has 2 N–H and O–H groups in total. The van der Waals surface area contributed by atoms with E-state index in [-0.39, 0.29) is 23.6 Å². The monoisotopic (exact) mass is 262 g/mol. The Morgan fingerprint density at radius 3 is 2.32 bits per heavy atom. The zero-order chi connectivity index (χ0) is 14.2. The minimum atomic E-state index is -0.350. The summed E-state index contributed by atoms with van der Waals surface area (Å²) in [7, 11) is 0. The van der Waals surface area contributed by atoms with Crippen molar-refractivity contribution in [3.8, 4) is 5.75 Å². The number of nitrogens with zero attached hydrogens (tertiary/aromatic N) is 1. The Morgan fingerprint density at radius 2 is 1.89 bits per heavy atom. The lowest BCUT2D eigenvalue weighted by Crippen LogP contribution is -2.49. The summed E-state index contributed by atoms with van der Waals surface area (Å²) in [5.41, 5.74) is 6.56. The van der Waals surface area contributed by atoms with Gasteiger partial charge in [0.1, 0.15) is 5.75 Å². The second-order valence-electron chi connectivity index (χ2n) is 5.85. The number of amides is 1. The summed E-state index contributed by atoms with van der Waals surface area (Å²) in [4.78, 5) is 13.9. The first-order valence-corrected chi connectivity index (χ1v) is 6.67. The Labute approximate surface area is 114 Å². The number of anilines is 1. The molecule has 4 nitrogen and oxygen atoms in total. The quantitative estimate of drug-likeness (QED) is 0.909. The molecule has 2 rings (SSSR count). The SMILES string of the molecule is CC(C)Oc1ccc(N2C(=O)CC(N)C2(C)C)cc1. The lowest BCUT2D eigenvalue weighted by atomic mass is 9.96. The van der Waals surface area contributed by atoms with Crippen molar-refractivity contribution >= 4 is 11.6 Å². The van der Waals surface area contributed by atoms with Gasteiger partial charge in [-0.25, -0.2) is 0 Å². The lowest BCUT2D eigenvalue weighted by molar-refractivity contribution is -0.117. The molecule has 1 aliphatic heterocycles. The van der Waals surface area contributed by atoms with Gasteiger partial charge in [0.25, 0.3) is 0 Å². The molecule has 104 valence electrons. The van der Waals surface area contributed by atoms with E-state index in [2.05, 4.69) is 0 Å². The highest BCUT2D eigenvalue weighted by molar-refractivity contribution is 5.98. The zero-order valence-electron chi connectivity index (χ0n) is 12.0. The van der Waals surface area contributed by atoms with Crippen LogP contribution >= 0.6 is 0 Å². The van der Waals surface area contributed by atoms with Crippen LogP contribution in [0.2, 0.25) is 0 Å². The van der Waals surface area contributed by atoms with Crippen molar-refractivity contribution in [2.75, 3.05) is 4.90 Å². The van der Waals surface area contributed by atoms with Crippen LogP contribution in [0.1, 0.15) is 34.1 Å². The molecule has 0 bridgehead atoms. The summed E-state index contributed by atoms with van der Waals surface area (Å²) in [5.74, 6) is 0.891. The minimum absolute atomic E-state index is 0.0787. The maximum atomic E-state index is 12.1. The van der Waals surface area contributed by atoms with Gasteiger partial charge in [-0.2, -0.15) is 0 Å². The third-order valence-corrected chi connectivity index (χ3v) is 3.59.